The van der Waals surface area contributed by atoms with Crippen molar-refractivity contribution in [1.82, 2.24) is 25.3 Å². The Labute approximate surface area is 186 Å². The molecule has 1 unspecified atom stereocenters. The number of nitrogens with zero attached hydrogens (tertiary/aromatic N) is 4. The lowest BCUT2D eigenvalue weighted by Crippen LogP contribution is -2.35. The number of anilines is 1. The second kappa shape index (κ2) is 10.1. The molecule has 31 heavy (non-hydrogen) atoms. The minimum Gasteiger partial charge on any atom is -0.383 e. The van der Waals surface area contributed by atoms with E-state index in [0.717, 1.165) is 40.6 Å². The monoisotopic (exact) mass is 420 g/mol. The minimum atomic E-state index is 0.385. The van der Waals surface area contributed by atoms with E-state index in [-0.39, 0.29) is 0 Å². The van der Waals surface area contributed by atoms with Gasteiger partial charge in [0.2, 0.25) is 0 Å². The van der Waals surface area contributed by atoms with Gasteiger partial charge in [-0.15, -0.1) is 0 Å². The van der Waals surface area contributed by atoms with Gasteiger partial charge in [0.25, 0.3) is 0 Å². The van der Waals surface area contributed by atoms with Crippen molar-refractivity contribution in [2.24, 2.45) is 5.41 Å². The molecule has 0 saturated carbocycles. The summed E-state index contributed by atoms with van der Waals surface area (Å²) in [5.74, 6) is 1.51. The van der Waals surface area contributed by atoms with Crippen molar-refractivity contribution in [3.8, 4) is 11.4 Å². The second-order valence-electron chi connectivity index (χ2n) is 9.38. The van der Waals surface area contributed by atoms with Crippen LogP contribution in [0, 0.1) is 12.3 Å². The van der Waals surface area contributed by atoms with Gasteiger partial charge in [-0.3, -0.25) is 9.97 Å². The Morgan fingerprint density at radius 1 is 1.23 bits per heavy atom. The molecule has 1 fully saturated rings. The van der Waals surface area contributed by atoms with Crippen LogP contribution in [0.1, 0.15) is 70.6 Å². The van der Waals surface area contributed by atoms with Crippen molar-refractivity contribution < 1.29 is 0 Å². The zero-order valence-corrected chi connectivity index (χ0v) is 19.6. The number of hydrogen-bond donors (Lipinski definition) is 2. The maximum absolute atomic E-state index is 6.27. The number of hydrogen-bond acceptors (Lipinski definition) is 6. The van der Waals surface area contributed by atoms with Gasteiger partial charge in [0.05, 0.1) is 11.7 Å². The lowest BCUT2D eigenvalue weighted by molar-refractivity contribution is 0.265. The van der Waals surface area contributed by atoms with Crippen LogP contribution in [0.25, 0.3) is 22.3 Å². The van der Waals surface area contributed by atoms with Crippen molar-refractivity contribution >= 4 is 16.7 Å². The predicted molar refractivity (Wildman–Crippen MR) is 129 cm³/mol. The third-order valence-electron chi connectivity index (χ3n) is 5.88. The van der Waals surface area contributed by atoms with Gasteiger partial charge in [-0.05, 0) is 61.8 Å². The summed E-state index contributed by atoms with van der Waals surface area (Å²) < 4.78 is 0. The van der Waals surface area contributed by atoms with Crippen molar-refractivity contribution in [3.63, 3.8) is 0 Å². The molecule has 0 aliphatic carbocycles. The van der Waals surface area contributed by atoms with Crippen LogP contribution in [0.15, 0.2) is 30.7 Å². The molecule has 6 nitrogen and oxygen atoms in total. The standard InChI is InChI=1S/C18H21N5.C7H15N/c1-4-5-11(2)14-9-20-10-15-16(14)17(19)23-18(22-15)13-6-7-21-12(3)8-13;1-7(2)4-3-5-8-6-7/h6-11H,4-5H2,1-3H3,(H2,19,22,23);8H,3-6H2,1-2H3. The molecule has 0 radical (unpaired) electrons. The largest absolute Gasteiger partial charge is 0.383 e. The van der Waals surface area contributed by atoms with Crippen molar-refractivity contribution in [1.29, 1.82) is 0 Å². The summed E-state index contributed by atoms with van der Waals surface area (Å²) in [6.45, 7) is 13.4. The summed E-state index contributed by atoms with van der Waals surface area (Å²) in [5, 5.41) is 4.30. The Hall–Kier alpha value is -2.60. The van der Waals surface area contributed by atoms with Gasteiger partial charge in [-0.1, -0.05) is 34.1 Å². The Morgan fingerprint density at radius 3 is 2.65 bits per heavy atom. The third kappa shape index (κ3) is 5.97. The molecule has 4 heterocycles. The van der Waals surface area contributed by atoms with Crippen LogP contribution >= 0.6 is 0 Å². The SMILES string of the molecule is CC1(C)CCCNC1.CCCC(C)c1cncc2nc(-c3ccnc(C)c3)nc(N)c12. The molecule has 1 saturated heterocycles. The van der Waals surface area contributed by atoms with Crippen LogP contribution in [-0.2, 0) is 0 Å². The molecule has 3 N–H and O–H groups in total. The quantitative estimate of drug-likeness (QED) is 0.597. The third-order valence-corrected chi connectivity index (χ3v) is 5.88. The first-order valence-electron chi connectivity index (χ1n) is 11.4. The zero-order valence-electron chi connectivity index (χ0n) is 19.6. The average Bonchev–Trinajstić information content (AvgIpc) is 2.73. The molecule has 0 bridgehead atoms. The van der Waals surface area contributed by atoms with E-state index in [4.69, 9.17) is 5.73 Å². The van der Waals surface area contributed by atoms with E-state index in [1.54, 1.807) is 12.4 Å². The van der Waals surface area contributed by atoms with Gasteiger partial charge in [0, 0.05) is 35.6 Å². The highest BCUT2D eigenvalue weighted by molar-refractivity contribution is 5.92. The number of nitrogen functional groups attached to an aromatic ring is 1. The first kappa shape index (κ1) is 23.1. The maximum Gasteiger partial charge on any atom is 0.162 e. The average molecular weight is 421 g/mol. The molecule has 0 amide bonds. The van der Waals surface area contributed by atoms with Crippen LogP contribution in [0.4, 0.5) is 5.82 Å². The molecule has 0 aromatic carbocycles. The van der Waals surface area contributed by atoms with Gasteiger partial charge in [0.15, 0.2) is 5.82 Å². The summed E-state index contributed by atoms with van der Waals surface area (Å²) in [4.78, 5) is 17.8. The van der Waals surface area contributed by atoms with Gasteiger partial charge in [-0.2, -0.15) is 0 Å². The molecular formula is C25H36N6. The highest BCUT2D eigenvalue weighted by Crippen LogP contribution is 2.31. The van der Waals surface area contributed by atoms with E-state index < -0.39 is 0 Å². The van der Waals surface area contributed by atoms with Gasteiger partial charge in [0.1, 0.15) is 5.82 Å². The number of aryl methyl sites for hydroxylation is 1. The second-order valence-corrected chi connectivity index (χ2v) is 9.38. The number of rotatable bonds is 4. The molecular weight excluding hydrogens is 384 g/mol. The minimum absolute atomic E-state index is 0.385. The van der Waals surface area contributed by atoms with E-state index in [1.165, 1.54) is 25.9 Å². The van der Waals surface area contributed by atoms with Crippen LogP contribution in [0.3, 0.4) is 0 Å². The number of nitrogens with two attached hydrogens (primary N) is 1. The number of fused-ring (bicyclic) bond motifs is 1. The highest BCUT2D eigenvalue weighted by Gasteiger charge is 2.19. The fraction of sp³-hybridized carbons (Fsp3) is 0.520. The lowest BCUT2D eigenvalue weighted by atomic mass is 9.85. The summed E-state index contributed by atoms with van der Waals surface area (Å²) in [6.07, 6.45) is 10.4. The predicted octanol–water partition coefficient (Wildman–Crippen LogP) is 5.28. The van der Waals surface area contributed by atoms with Gasteiger partial charge in [-0.25, -0.2) is 9.97 Å². The molecule has 3 aromatic rings. The van der Waals surface area contributed by atoms with E-state index in [9.17, 15) is 0 Å². The summed E-state index contributed by atoms with van der Waals surface area (Å²) >= 11 is 0. The first-order chi connectivity index (χ1) is 14.8. The summed E-state index contributed by atoms with van der Waals surface area (Å²) in [6, 6.07) is 3.85. The van der Waals surface area contributed by atoms with Crippen molar-refractivity contribution in [2.75, 3.05) is 18.8 Å². The Balaban J connectivity index is 0.000000287. The van der Waals surface area contributed by atoms with Crippen LogP contribution in [-0.4, -0.2) is 33.0 Å². The van der Waals surface area contributed by atoms with E-state index in [1.807, 2.05) is 25.3 Å². The topological polar surface area (TPSA) is 89.6 Å². The zero-order chi connectivity index (χ0) is 22.4. The fourth-order valence-corrected chi connectivity index (χ4v) is 4.12. The Morgan fingerprint density at radius 2 is 2.03 bits per heavy atom. The number of piperidine rings is 1. The van der Waals surface area contributed by atoms with E-state index in [2.05, 4.69) is 52.9 Å². The number of aromatic nitrogens is 4. The normalized spacial score (nSPS) is 16.4. The molecule has 6 heteroatoms. The van der Waals surface area contributed by atoms with Crippen LogP contribution in [0.5, 0.6) is 0 Å². The van der Waals surface area contributed by atoms with Crippen LogP contribution in [0.2, 0.25) is 0 Å². The van der Waals surface area contributed by atoms with Crippen molar-refractivity contribution in [2.45, 2.75) is 66.2 Å². The molecule has 4 rings (SSSR count). The Bertz CT molecular complexity index is 1010. The van der Waals surface area contributed by atoms with Gasteiger partial charge >= 0.3 is 0 Å². The number of nitrogens with one attached hydrogen (secondary N) is 1. The highest BCUT2D eigenvalue weighted by atomic mass is 15.0. The molecule has 1 aliphatic heterocycles. The fourth-order valence-electron chi connectivity index (χ4n) is 4.12. The van der Waals surface area contributed by atoms with E-state index in [0.29, 0.717) is 23.0 Å². The summed E-state index contributed by atoms with van der Waals surface area (Å²) in [7, 11) is 0. The smallest absolute Gasteiger partial charge is 0.162 e. The first-order valence-corrected chi connectivity index (χ1v) is 11.4. The molecule has 0 spiro atoms. The molecule has 1 atom stereocenters. The van der Waals surface area contributed by atoms with E-state index >= 15 is 0 Å². The Kier molecular flexibility index (Phi) is 7.55. The molecule has 1 aliphatic rings. The molecule has 3 aromatic heterocycles. The number of pyridine rings is 2. The maximum atomic E-state index is 6.27. The summed E-state index contributed by atoms with van der Waals surface area (Å²) in [5.41, 5.74) is 10.6. The van der Waals surface area contributed by atoms with Gasteiger partial charge < -0.3 is 11.1 Å². The van der Waals surface area contributed by atoms with Crippen molar-refractivity contribution in [3.05, 3.63) is 42.0 Å². The lowest BCUT2D eigenvalue weighted by Gasteiger charge is -2.29. The van der Waals surface area contributed by atoms with Crippen LogP contribution < -0.4 is 11.1 Å². The molecule has 166 valence electrons.